The van der Waals surface area contributed by atoms with Gasteiger partial charge < -0.3 is 14.5 Å². The van der Waals surface area contributed by atoms with Crippen LogP contribution in [0.15, 0.2) is 65.1 Å². The topological polar surface area (TPSA) is 68.5 Å². The van der Waals surface area contributed by atoms with Crippen LogP contribution in [-0.2, 0) is 0 Å². The Morgan fingerprint density at radius 2 is 1.85 bits per heavy atom. The Morgan fingerprint density at radius 3 is 2.58 bits per heavy atom. The van der Waals surface area contributed by atoms with Gasteiger partial charge in [-0.3, -0.25) is 9.59 Å². The van der Waals surface area contributed by atoms with Gasteiger partial charge in [-0.05, 0) is 37.3 Å². The zero-order chi connectivity index (χ0) is 18.4. The van der Waals surface area contributed by atoms with E-state index in [1.807, 2.05) is 37.3 Å². The van der Waals surface area contributed by atoms with Gasteiger partial charge in [0, 0.05) is 5.56 Å². The Morgan fingerprint density at radius 1 is 1.08 bits per heavy atom. The van der Waals surface area contributed by atoms with E-state index in [2.05, 4.69) is 5.32 Å². The molecule has 0 bridgehead atoms. The van der Waals surface area contributed by atoms with Crippen molar-refractivity contribution >= 4 is 12.2 Å². The summed E-state index contributed by atoms with van der Waals surface area (Å²) < 4.78 is 11.0. The average Bonchev–Trinajstić information content (AvgIpc) is 3.15. The lowest BCUT2D eigenvalue weighted by Gasteiger charge is -2.10. The third-order valence-corrected chi connectivity index (χ3v) is 3.86. The minimum atomic E-state index is -0.225. The van der Waals surface area contributed by atoms with Gasteiger partial charge in [-0.2, -0.15) is 0 Å². The second kappa shape index (κ2) is 8.16. The van der Waals surface area contributed by atoms with E-state index in [0.29, 0.717) is 36.3 Å². The molecule has 0 atom stereocenters. The number of aldehydes is 1. The summed E-state index contributed by atoms with van der Waals surface area (Å²) in [7, 11) is 0. The summed E-state index contributed by atoms with van der Waals surface area (Å²) in [6.07, 6.45) is 0.634. The van der Waals surface area contributed by atoms with Gasteiger partial charge in [-0.25, -0.2) is 0 Å². The number of aryl methyl sites for hydroxylation is 1. The molecule has 1 N–H and O–H groups in total. The van der Waals surface area contributed by atoms with Gasteiger partial charge in [-0.1, -0.05) is 35.9 Å². The molecular formula is C21H19NO4. The second-order valence-electron chi connectivity index (χ2n) is 5.78. The van der Waals surface area contributed by atoms with Crippen LogP contribution in [0.3, 0.4) is 0 Å². The zero-order valence-corrected chi connectivity index (χ0v) is 14.4. The molecule has 0 fully saturated rings. The third kappa shape index (κ3) is 4.19. The number of hydrogen-bond acceptors (Lipinski definition) is 4. The van der Waals surface area contributed by atoms with E-state index in [4.69, 9.17) is 9.15 Å². The molecular weight excluding hydrogens is 330 g/mol. The predicted octanol–water partition coefficient (Wildman–Crippen LogP) is 3.88. The number of carbonyl (C=O) groups is 2. The lowest BCUT2D eigenvalue weighted by Crippen LogP contribution is -2.28. The number of benzene rings is 2. The fourth-order valence-corrected chi connectivity index (χ4v) is 2.52. The molecule has 0 saturated carbocycles. The molecule has 0 aliphatic rings. The van der Waals surface area contributed by atoms with Crippen LogP contribution in [0.4, 0.5) is 0 Å². The SMILES string of the molecule is Cc1ccc(OCCNC(=O)c2ccccc2-c2ccc(C=O)o2)cc1. The second-order valence-corrected chi connectivity index (χ2v) is 5.78. The Hall–Kier alpha value is -3.34. The van der Waals surface area contributed by atoms with Crippen LogP contribution in [0.25, 0.3) is 11.3 Å². The minimum absolute atomic E-state index is 0.224. The fraction of sp³-hybridized carbons (Fsp3) is 0.143. The van der Waals surface area contributed by atoms with Crippen LogP contribution >= 0.6 is 0 Å². The molecule has 1 aromatic heterocycles. The van der Waals surface area contributed by atoms with Gasteiger partial charge in [0.25, 0.3) is 5.91 Å². The van der Waals surface area contributed by atoms with Crippen LogP contribution < -0.4 is 10.1 Å². The number of rotatable bonds is 7. The van der Waals surface area contributed by atoms with Crippen molar-refractivity contribution < 1.29 is 18.7 Å². The Bertz CT molecular complexity index is 896. The molecule has 0 aliphatic heterocycles. The maximum Gasteiger partial charge on any atom is 0.252 e. The number of amides is 1. The number of ether oxygens (including phenoxy) is 1. The van der Waals surface area contributed by atoms with Crippen molar-refractivity contribution in [2.24, 2.45) is 0 Å². The Labute approximate surface area is 151 Å². The van der Waals surface area contributed by atoms with Crippen LogP contribution in [0.5, 0.6) is 5.75 Å². The maximum absolute atomic E-state index is 12.5. The molecule has 3 aromatic rings. The molecule has 2 aromatic carbocycles. The monoisotopic (exact) mass is 349 g/mol. The van der Waals surface area contributed by atoms with Gasteiger partial charge in [0.05, 0.1) is 12.1 Å². The lowest BCUT2D eigenvalue weighted by atomic mass is 10.0. The van der Waals surface area contributed by atoms with Gasteiger partial charge in [-0.15, -0.1) is 0 Å². The third-order valence-electron chi connectivity index (χ3n) is 3.86. The first-order valence-electron chi connectivity index (χ1n) is 8.29. The molecule has 26 heavy (non-hydrogen) atoms. The summed E-state index contributed by atoms with van der Waals surface area (Å²) >= 11 is 0. The van der Waals surface area contributed by atoms with Gasteiger partial charge in [0.1, 0.15) is 18.1 Å². The zero-order valence-electron chi connectivity index (χ0n) is 14.4. The van der Waals surface area contributed by atoms with E-state index in [1.54, 1.807) is 30.3 Å². The summed E-state index contributed by atoms with van der Waals surface area (Å²) in [5.41, 5.74) is 2.28. The largest absolute Gasteiger partial charge is 0.492 e. The molecule has 3 rings (SSSR count). The van der Waals surface area contributed by atoms with Crippen molar-refractivity contribution in [1.82, 2.24) is 5.32 Å². The molecule has 5 nitrogen and oxygen atoms in total. The standard InChI is InChI=1S/C21H19NO4/c1-15-6-8-16(9-7-15)25-13-12-22-21(24)19-5-3-2-4-18(19)20-11-10-17(14-23)26-20/h2-11,14H,12-13H2,1H3,(H,22,24). The summed E-state index contributed by atoms with van der Waals surface area (Å²) in [6, 6.07) is 18.1. The lowest BCUT2D eigenvalue weighted by molar-refractivity contribution is 0.0947. The Balaban J connectivity index is 1.61. The van der Waals surface area contributed by atoms with Gasteiger partial charge >= 0.3 is 0 Å². The minimum Gasteiger partial charge on any atom is -0.492 e. The van der Waals surface area contributed by atoms with E-state index < -0.39 is 0 Å². The van der Waals surface area contributed by atoms with Crippen molar-refractivity contribution in [3.05, 3.63) is 77.6 Å². The molecule has 1 heterocycles. The van der Waals surface area contributed by atoms with Crippen LogP contribution in [0, 0.1) is 6.92 Å². The molecule has 0 radical (unpaired) electrons. The highest BCUT2D eigenvalue weighted by atomic mass is 16.5. The average molecular weight is 349 g/mol. The number of furan rings is 1. The highest BCUT2D eigenvalue weighted by Crippen LogP contribution is 2.25. The van der Waals surface area contributed by atoms with Gasteiger partial charge in [0.15, 0.2) is 12.0 Å². The number of hydrogen-bond donors (Lipinski definition) is 1. The predicted molar refractivity (Wildman–Crippen MR) is 98.5 cm³/mol. The van der Waals surface area contributed by atoms with Crippen LogP contribution in [0.2, 0.25) is 0 Å². The molecule has 0 aliphatic carbocycles. The molecule has 132 valence electrons. The van der Waals surface area contributed by atoms with Crippen molar-refractivity contribution in [2.45, 2.75) is 6.92 Å². The fourth-order valence-electron chi connectivity index (χ4n) is 2.52. The smallest absolute Gasteiger partial charge is 0.252 e. The highest BCUT2D eigenvalue weighted by molar-refractivity contribution is 6.00. The van der Waals surface area contributed by atoms with Crippen molar-refractivity contribution in [3.8, 4) is 17.1 Å². The van der Waals surface area contributed by atoms with Gasteiger partial charge in [0.2, 0.25) is 0 Å². The first-order chi connectivity index (χ1) is 12.7. The first-order valence-corrected chi connectivity index (χ1v) is 8.29. The Kier molecular flexibility index (Phi) is 5.49. The van der Waals surface area contributed by atoms with Crippen LogP contribution in [-0.4, -0.2) is 25.3 Å². The van der Waals surface area contributed by atoms with E-state index in [-0.39, 0.29) is 11.7 Å². The summed E-state index contributed by atoms with van der Waals surface area (Å²) in [5.74, 6) is 1.25. The first kappa shape index (κ1) is 17.5. The molecule has 0 unspecified atom stereocenters. The van der Waals surface area contributed by atoms with E-state index in [9.17, 15) is 9.59 Å². The van der Waals surface area contributed by atoms with E-state index in [0.717, 1.165) is 11.3 Å². The molecule has 5 heteroatoms. The van der Waals surface area contributed by atoms with Crippen LogP contribution in [0.1, 0.15) is 26.5 Å². The highest BCUT2D eigenvalue weighted by Gasteiger charge is 2.14. The van der Waals surface area contributed by atoms with Crippen molar-refractivity contribution in [1.29, 1.82) is 0 Å². The van der Waals surface area contributed by atoms with E-state index >= 15 is 0 Å². The quantitative estimate of drug-likeness (QED) is 0.519. The summed E-state index contributed by atoms with van der Waals surface area (Å²) in [6.45, 7) is 2.75. The van der Waals surface area contributed by atoms with Crippen molar-refractivity contribution in [3.63, 3.8) is 0 Å². The molecule has 0 spiro atoms. The number of carbonyl (C=O) groups excluding carboxylic acids is 2. The molecule has 0 saturated heterocycles. The number of nitrogens with one attached hydrogen (secondary N) is 1. The summed E-state index contributed by atoms with van der Waals surface area (Å²) in [5, 5.41) is 2.84. The maximum atomic E-state index is 12.5. The normalized spacial score (nSPS) is 10.3. The van der Waals surface area contributed by atoms with Crippen molar-refractivity contribution in [2.75, 3.05) is 13.2 Å². The van der Waals surface area contributed by atoms with E-state index in [1.165, 1.54) is 0 Å². The summed E-state index contributed by atoms with van der Waals surface area (Å²) in [4.78, 5) is 23.3. The molecule has 1 amide bonds.